The Morgan fingerprint density at radius 1 is 1.41 bits per heavy atom. The zero-order valence-corrected chi connectivity index (χ0v) is 10.7. The second kappa shape index (κ2) is 5.68. The van der Waals surface area contributed by atoms with E-state index in [1.165, 1.54) is 13.8 Å². The molecule has 5 heteroatoms. The summed E-state index contributed by atoms with van der Waals surface area (Å²) >= 11 is 5.83. The molecule has 0 aliphatic heterocycles. The van der Waals surface area contributed by atoms with E-state index in [2.05, 4.69) is 5.32 Å². The minimum atomic E-state index is -0.828. The molecule has 0 unspecified atom stereocenters. The van der Waals surface area contributed by atoms with Gasteiger partial charge in [0.2, 0.25) is 0 Å². The summed E-state index contributed by atoms with van der Waals surface area (Å²) < 4.78 is 4.77. The van der Waals surface area contributed by atoms with Gasteiger partial charge in [0, 0.05) is 17.6 Å². The van der Waals surface area contributed by atoms with E-state index in [1.807, 2.05) is 6.92 Å². The Hall–Kier alpha value is -1.55. The van der Waals surface area contributed by atoms with Crippen LogP contribution in [0.4, 0.5) is 5.69 Å². The number of amides is 1. The maximum atomic E-state index is 11.7. The topological polar surface area (TPSA) is 55.4 Å². The highest BCUT2D eigenvalue weighted by molar-refractivity contribution is 6.31. The number of hydrogen-bond acceptors (Lipinski definition) is 3. The smallest absolute Gasteiger partial charge is 0.303 e. The second-order valence-corrected chi connectivity index (χ2v) is 4.14. The highest BCUT2D eigenvalue weighted by Gasteiger charge is 2.16. The molecule has 0 aliphatic carbocycles. The number of carbonyl (C=O) groups is 2. The van der Waals surface area contributed by atoms with Crippen LogP contribution in [0.5, 0.6) is 0 Å². The third-order valence-electron chi connectivity index (χ3n) is 2.17. The van der Waals surface area contributed by atoms with E-state index in [-0.39, 0.29) is 5.91 Å². The molecule has 0 aliphatic rings. The number of esters is 1. The van der Waals surface area contributed by atoms with E-state index in [1.54, 1.807) is 18.2 Å². The Kier molecular flexibility index (Phi) is 4.52. The first-order valence-electron chi connectivity index (χ1n) is 5.14. The van der Waals surface area contributed by atoms with Crippen LogP contribution in [0.3, 0.4) is 0 Å². The first-order chi connectivity index (χ1) is 7.90. The molecule has 1 rings (SSSR count). The lowest BCUT2D eigenvalue weighted by Crippen LogP contribution is -2.29. The van der Waals surface area contributed by atoms with E-state index >= 15 is 0 Å². The van der Waals surface area contributed by atoms with Gasteiger partial charge in [0.25, 0.3) is 5.91 Å². The first kappa shape index (κ1) is 13.5. The molecule has 1 N–H and O–H groups in total. The van der Waals surface area contributed by atoms with Crippen LogP contribution in [0.1, 0.15) is 19.4 Å². The fraction of sp³-hybridized carbons (Fsp3) is 0.333. The van der Waals surface area contributed by atoms with Crippen LogP contribution >= 0.6 is 11.6 Å². The molecule has 92 valence electrons. The molecule has 0 saturated heterocycles. The molecule has 1 atom stereocenters. The van der Waals surface area contributed by atoms with Gasteiger partial charge in [-0.15, -0.1) is 0 Å². The number of ether oxygens (including phenoxy) is 1. The molecule has 1 amide bonds. The summed E-state index contributed by atoms with van der Waals surface area (Å²) in [5.74, 6) is -0.874. The Morgan fingerprint density at radius 3 is 2.65 bits per heavy atom. The minimum absolute atomic E-state index is 0.384. The van der Waals surface area contributed by atoms with Gasteiger partial charge in [-0.05, 0) is 31.5 Å². The Bertz CT molecular complexity index is 445. The lowest BCUT2D eigenvalue weighted by Gasteiger charge is -2.13. The molecule has 4 nitrogen and oxygen atoms in total. The molecule has 0 radical (unpaired) electrons. The minimum Gasteiger partial charge on any atom is -0.453 e. The predicted molar refractivity (Wildman–Crippen MR) is 66.0 cm³/mol. The van der Waals surface area contributed by atoms with Crippen molar-refractivity contribution in [3.05, 3.63) is 28.8 Å². The molecule has 0 fully saturated rings. The maximum absolute atomic E-state index is 11.7. The lowest BCUT2D eigenvalue weighted by molar-refractivity contribution is -0.150. The van der Waals surface area contributed by atoms with Crippen molar-refractivity contribution < 1.29 is 14.3 Å². The number of benzene rings is 1. The van der Waals surface area contributed by atoms with Crippen LogP contribution in [0.15, 0.2) is 18.2 Å². The average molecular weight is 256 g/mol. The van der Waals surface area contributed by atoms with Gasteiger partial charge in [0.1, 0.15) is 0 Å². The highest BCUT2D eigenvalue weighted by Crippen LogP contribution is 2.20. The summed E-state index contributed by atoms with van der Waals surface area (Å²) in [6.07, 6.45) is -0.828. The average Bonchev–Trinajstić information content (AvgIpc) is 2.22. The SMILES string of the molecule is CC(=O)O[C@@H](C)C(=O)Nc1cc(Cl)ccc1C. The van der Waals surface area contributed by atoms with E-state index in [0.717, 1.165) is 5.56 Å². The second-order valence-electron chi connectivity index (χ2n) is 3.70. The van der Waals surface area contributed by atoms with Crippen molar-refractivity contribution in [1.82, 2.24) is 0 Å². The molecule has 0 saturated carbocycles. The standard InChI is InChI=1S/C12H14ClNO3/c1-7-4-5-10(13)6-11(7)14-12(16)8(2)17-9(3)15/h4-6,8H,1-3H3,(H,14,16)/t8-/m0/s1. The number of halogens is 1. The third-order valence-corrected chi connectivity index (χ3v) is 2.40. The molecule has 17 heavy (non-hydrogen) atoms. The molecule has 0 heterocycles. The number of anilines is 1. The van der Waals surface area contributed by atoms with Crippen LogP contribution in [0.2, 0.25) is 5.02 Å². The zero-order chi connectivity index (χ0) is 13.0. The maximum Gasteiger partial charge on any atom is 0.303 e. The van der Waals surface area contributed by atoms with E-state index in [9.17, 15) is 9.59 Å². The van der Waals surface area contributed by atoms with Crippen molar-refractivity contribution in [3.8, 4) is 0 Å². The Labute approximate surface area is 105 Å². The zero-order valence-electron chi connectivity index (χ0n) is 9.91. The molecule has 1 aromatic rings. The van der Waals surface area contributed by atoms with Crippen molar-refractivity contribution in [3.63, 3.8) is 0 Å². The van der Waals surface area contributed by atoms with Gasteiger partial charge < -0.3 is 10.1 Å². The molecule has 0 spiro atoms. The third kappa shape index (κ3) is 4.07. The van der Waals surface area contributed by atoms with Gasteiger partial charge in [-0.25, -0.2) is 0 Å². The van der Waals surface area contributed by atoms with E-state index < -0.39 is 12.1 Å². The molecule has 0 bridgehead atoms. The quantitative estimate of drug-likeness (QED) is 0.845. The highest BCUT2D eigenvalue weighted by atomic mass is 35.5. The summed E-state index contributed by atoms with van der Waals surface area (Å²) in [6.45, 7) is 4.62. The summed E-state index contributed by atoms with van der Waals surface area (Å²) in [7, 11) is 0. The summed E-state index contributed by atoms with van der Waals surface area (Å²) in [5.41, 5.74) is 1.50. The Morgan fingerprint density at radius 2 is 2.06 bits per heavy atom. The predicted octanol–water partition coefficient (Wildman–Crippen LogP) is 2.54. The van der Waals surface area contributed by atoms with Crippen LogP contribution < -0.4 is 5.32 Å². The van der Waals surface area contributed by atoms with Gasteiger partial charge in [0.05, 0.1) is 0 Å². The van der Waals surface area contributed by atoms with Crippen LogP contribution in [-0.2, 0) is 14.3 Å². The van der Waals surface area contributed by atoms with Gasteiger partial charge >= 0.3 is 5.97 Å². The fourth-order valence-corrected chi connectivity index (χ4v) is 1.44. The largest absolute Gasteiger partial charge is 0.453 e. The van der Waals surface area contributed by atoms with Crippen molar-refractivity contribution in [1.29, 1.82) is 0 Å². The summed E-state index contributed by atoms with van der Waals surface area (Å²) in [4.78, 5) is 22.4. The van der Waals surface area contributed by atoms with E-state index in [0.29, 0.717) is 10.7 Å². The first-order valence-corrected chi connectivity index (χ1v) is 5.52. The number of hydrogen-bond donors (Lipinski definition) is 1. The normalized spacial score (nSPS) is 11.8. The number of aryl methyl sites for hydroxylation is 1. The summed E-state index contributed by atoms with van der Waals surface area (Å²) in [6, 6.07) is 5.19. The van der Waals surface area contributed by atoms with Gasteiger partial charge in [-0.2, -0.15) is 0 Å². The van der Waals surface area contributed by atoms with Gasteiger partial charge in [0.15, 0.2) is 6.10 Å². The monoisotopic (exact) mass is 255 g/mol. The van der Waals surface area contributed by atoms with E-state index in [4.69, 9.17) is 16.3 Å². The molecular weight excluding hydrogens is 242 g/mol. The van der Waals surface area contributed by atoms with Gasteiger partial charge in [-0.1, -0.05) is 17.7 Å². The fourth-order valence-electron chi connectivity index (χ4n) is 1.27. The molecular formula is C12H14ClNO3. The lowest BCUT2D eigenvalue weighted by atomic mass is 10.2. The number of carbonyl (C=O) groups excluding carboxylic acids is 2. The van der Waals surface area contributed by atoms with Gasteiger partial charge in [-0.3, -0.25) is 9.59 Å². The van der Waals surface area contributed by atoms with Crippen molar-refractivity contribution >= 4 is 29.2 Å². The van der Waals surface area contributed by atoms with Crippen molar-refractivity contribution in [2.75, 3.05) is 5.32 Å². The van der Waals surface area contributed by atoms with Crippen molar-refractivity contribution in [2.24, 2.45) is 0 Å². The summed E-state index contributed by atoms with van der Waals surface area (Å²) in [5, 5.41) is 3.19. The van der Waals surface area contributed by atoms with Crippen LogP contribution in [0, 0.1) is 6.92 Å². The van der Waals surface area contributed by atoms with Crippen molar-refractivity contribution in [2.45, 2.75) is 26.9 Å². The molecule has 0 aromatic heterocycles. The Balaban J connectivity index is 2.73. The van der Waals surface area contributed by atoms with Crippen LogP contribution in [0.25, 0.3) is 0 Å². The number of rotatable bonds is 3. The number of nitrogens with one attached hydrogen (secondary N) is 1. The molecule has 1 aromatic carbocycles. The van der Waals surface area contributed by atoms with Crippen LogP contribution in [-0.4, -0.2) is 18.0 Å².